The number of hydrogen-bond acceptors (Lipinski definition) is 3. The molecular weight excluding hydrogens is 310 g/mol. The van der Waals surface area contributed by atoms with Gasteiger partial charge in [-0.3, -0.25) is 0 Å². The van der Waals surface area contributed by atoms with Crippen molar-refractivity contribution in [3.8, 4) is 0 Å². The molecule has 2 unspecified atom stereocenters. The number of halogens is 1. The first kappa shape index (κ1) is 16.7. The Morgan fingerprint density at radius 2 is 2.19 bits per heavy atom. The molecule has 21 heavy (non-hydrogen) atoms. The van der Waals surface area contributed by atoms with Gasteiger partial charge < -0.3 is 5.11 Å². The quantitative estimate of drug-likeness (QED) is 0.891. The Morgan fingerprint density at radius 3 is 2.86 bits per heavy atom. The second-order valence-corrected chi connectivity index (χ2v) is 8.26. The van der Waals surface area contributed by atoms with Crippen molar-refractivity contribution in [1.29, 1.82) is 0 Å². The summed E-state index contributed by atoms with van der Waals surface area (Å²) < 4.78 is 27.3. The van der Waals surface area contributed by atoms with Crippen LogP contribution < -0.4 is 4.72 Å². The molecule has 1 aliphatic carbocycles. The summed E-state index contributed by atoms with van der Waals surface area (Å²) in [5.41, 5.74) is -0.423. The summed E-state index contributed by atoms with van der Waals surface area (Å²) in [5.74, 6) is 0.418. The van der Waals surface area contributed by atoms with Crippen LogP contribution >= 0.6 is 11.6 Å². The van der Waals surface area contributed by atoms with Crippen LogP contribution in [0.2, 0.25) is 5.02 Å². The van der Waals surface area contributed by atoms with Gasteiger partial charge in [-0.1, -0.05) is 37.4 Å². The SMILES string of the molecule is Cc1c(Cl)cccc1S(=O)(=O)NCC1(O)CCCC(C)C1. The molecule has 1 aromatic rings. The third-order valence-electron chi connectivity index (χ3n) is 4.17. The van der Waals surface area contributed by atoms with E-state index >= 15 is 0 Å². The van der Waals surface area contributed by atoms with Crippen molar-refractivity contribution < 1.29 is 13.5 Å². The number of hydrogen-bond donors (Lipinski definition) is 2. The summed E-state index contributed by atoms with van der Waals surface area (Å²) in [6.07, 6.45) is 3.27. The van der Waals surface area contributed by atoms with Crippen LogP contribution in [0.15, 0.2) is 23.1 Å². The molecule has 0 heterocycles. The Labute approximate surface area is 131 Å². The first-order valence-electron chi connectivity index (χ1n) is 7.21. The fourth-order valence-electron chi connectivity index (χ4n) is 2.98. The van der Waals surface area contributed by atoms with Gasteiger partial charge in [0.25, 0.3) is 0 Å². The van der Waals surface area contributed by atoms with Gasteiger partial charge in [-0.25, -0.2) is 13.1 Å². The molecule has 1 aromatic carbocycles. The Hall–Kier alpha value is -0.620. The van der Waals surface area contributed by atoms with Crippen LogP contribution in [0.1, 0.15) is 38.2 Å². The standard InChI is InChI=1S/C15H22ClNO3S/c1-11-5-4-8-15(18,9-11)10-17-21(19,20)14-7-3-6-13(16)12(14)2/h3,6-7,11,17-18H,4-5,8-10H2,1-2H3. The Kier molecular flexibility index (Phi) is 4.98. The van der Waals surface area contributed by atoms with Crippen molar-refractivity contribution in [2.24, 2.45) is 5.92 Å². The van der Waals surface area contributed by atoms with Crippen molar-refractivity contribution in [2.75, 3.05) is 6.54 Å². The summed E-state index contributed by atoms with van der Waals surface area (Å²) in [6.45, 7) is 3.81. The second-order valence-electron chi connectivity index (χ2n) is 6.11. The molecule has 0 saturated heterocycles. The van der Waals surface area contributed by atoms with E-state index in [2.05, 4.69) is 11.6 Å². The van der Waals surface area contributed by atoms with E-state index in [0.29, 0.717) is 29.3 Å². The fraction of sp³-hybridized carbons (Fsp3) is 0.600. The summed E-state index contributed by atoms with van der Waals surface area (Å²) in [6, 6.07) is 4.80. The first-order chi connectivity index (χ1) is 9.73. The summed E-state index contributed by atoms with van der Waals surface area (Å²) in [7, 11) is -3.66. The maximum absolute atomic E-state index is 12.4. The van der Waals surface area contributed by atoms with Gasteiger partial charge in [0.15, 0.2) is 0 Å². The van der Waals surface area contributed by atoms with Crippen molar-refractivity contribution in [3.05, 3.63) is 28.8 Å². The molecule has 0 amide bonds. The largest absolute Gasteiger partial charge is 0.389 e. The number of benzene rings is 1. The number of nitrogens with one attached hydrogen (secondary N) is 1. The van der Waals surface area contributed by atoms with Crippen LogP contribution in [0.25, 0.3) is 0 Å². The van der Waals surface area contributed by atoms with Crippen molar-refractivity contribution in [1.82, 2.24) is 4.72 Å². The normalized spacial score (nSPS) is 26.8. The number of rotatable bonds is 4. The Balaban J connectivity index is 2.13. The van der Waals surface area contributed by atoms with E-state index < -0.39 is 15.6 Å². The van der Waals surface area contributed by atoms with Crippen LogP contribution in [0.4, 0.5) is 0 Å². The molecule has 6 heteroatoms. The van der Waals surface area contributed by atoms with E-state index in [1.807, 2.05) is 0 Å². The zero-order chi connectivity index (χ0) is 15.7. The first-order valence-corrected chi connectivity index (χ1v) is 9.07. The smallest absolute Gasteiger partial charge is 0.240 e. The molecule has 2 rings (SSSR count). The number of aliphatic hydroxyl groups is 1. The predicted molar refractivity (Wildman–Crippen MR) is 84.0 cm³/mol. The van der Waals surface area contributed by atoms with Gasteiger partial charge in [0.1, 0.15) is 0 Å². The minimum atomic E-state index is -3.66. The minimum Gasteiger partial charge on any atom is -0.389 e. The minimum absolute atomic E-state index is 0.0472. The van der Waals surface area contributed by atoms with E-state index in [-0.39, 0.29) is 11.4 Å². The molecule has 0 spiro atoms. The highest BCUT2D eigenvalue weighted by molar-refractivity contribution is 7.89. The third kappa shape index (κ3) is 3.97. The predicted octanol–water partition coefficient (Wildman–Crippen LogP) is 2.87. The molecule has 1 aliphatic rings. The highest BCUT2D eigenvalue weighted by atomic mass is 35.5. The Bertz CT molecular complexity index is 617. The Morgan fingerprint density at radius 1 is 1.48 bits per heavy atom. The van der Waals surface area contributed by atoms with Crippen LogP contribution in [-0.2, 0) is 10.0 Å². The molecule has 1 fully saturated rings. The van der Waals surface area contributed by atoms with Gasteiger partial charge in [-0.15, -0.1) is 0 Å². The zero-order valence-electron chi connectivity index (χ0n) is 12.4. The van der Waals surface area contributed by atoms with E-state index in [9.17, 15) is 13.5 Å². The average Bonchev–Trinajstić information content (AvgIpc) is 2.39. The lowest BCUT2D eigenvalue weighted by molar-refractivity contribution is -0.00751. The molecular formula is C15H22ClNO3S. The molecule has 118 valence electrons. The van der Waals surface area contributed by atoms with Crippen LogP contribution in [0.3, 0.4) is 0 Å². The molecule has 0 bridgehead atoms. The van der Waals surface area contributed by atoms with E-state index in [4.69, 9.17) is 11.6 Å². The van der Waals surface area contributed by atoms with Gasteiger partial charge in [0, 0.05) is 11.6 Å². The van der Waals surface area contributed by atoms with E-state index in [1.54, 1.807) is 19.1 Å². The number of sulfonamides is 1. The monoisotopic (exact) mass is 331 g/mol. The van der Waals surface area contributed by atoms with Crippen molar-refractivity contribution in [2.45, 2.75) is 50.0 Å². The fourth-order valence-corrected chi connectivity index (χ4v) is 4.59. The lowest BCUT2D eigenvalue weighted by atomic mass is 9.79. The molecule has 0 aliphatic heterocycles. The maximum Gasteiger partial charge on any atom is 0.240 e. The van der Waals surface area contributed by atoms with Gasteiger partial charge in [0.2, 0.25) is 10.0 Å². The molecule has 0 aromatic heterocycles. The maximum atomic E-state index is 12.4. The molecule has 4 nitrogen and oxygen atoms in total. The van der Waals surface area contributed by atoms with Crippen LogP contribution in [0, 0.1) is 12.8 Å². The van der Waals surface area contributed by atoms with Crippen LogP contribution in [0.5, 0.6) is 0 Å². The molecule has 1 saturated carbocycles. The van der Waals surface area contributed by atoms with E-state index in [0.717, 1.165) is 12.8 Å². The molecule has 2 N–H and O–H groups in total. The second kappa shape index (κ2) is 6.24. The highest BCUT2D eigenvalue weighted by Crippen LogP contribution is 2.32. The average molecular weight is 332 g/mol. The van der Waals surface area contributed by atoms with Gasteiger partial charge in [0.05, 0.1) is 10.5 Å². The summed E-state index contributed by atoms with van der Waals surface area (Å²) in [5, 5.41) is 10.9. The third-order valence-corrected chi connectivity index (χ3v) is 6.12. The molecule has 2 atom stereocenters. The van der Waals surface area contributed by atoms with E-state index in [1.165, 1.54) is 6.07 Å². The highest BCUT2D eigenvalue weighted by Gasteiger charge is 2.34. The lowest BCUT2D eigenvalue weighted by Crippen LogP contribution is -2.45. The topological polar surface area (TPSA) is 66.4 Å². The molecule has 0 radical (unpaired) electrons. The van der Waals surface area contributed by atoms with Crippen LogP contribution in [-0.4, -0.2) is 25.7 Å². The van der Waals surface area contributed by atoms with Gasteiger partial charge in [-0.05, 0) is 43.4 Å². The zero-order valence-corrected chi connectivity index (χ0v) is 14.0. The lowest BCUT2D eigenvalue weighted by Gasteiger charge is -2.35. The summed E-state index contributed by atoms with van der Waals surface area (Å²) in [4.78, 5) is 0.169. The van der Waals surface area contributed by atoms with Crippen molar-refractivity contribution in [3.63, 3.8) is 0 Å². The van der Waals surface area contributed by atoms with Gasteiger partial charge in [-0.2, -0.15) is 0 Å². The van der Waals surface area contributed by atoms with Gasteiger partial charge >= 0.3 is 0 Å². The summed E-state index contributed by atoms with van der Waals surface area (Å²) >= 11 is 5.97. The van der Waals surface area contributed by atoms with Crippen molar-refractivity contribution >= 4 is 21.6 Å².